The molecule has 0 spiro atoms. The van der Waals surface area contributed by atoms with Crippen LogP contribution in [0.4, 0.5) is 10.8 Å². The van der Waals surface area contributed by atoms with Crippen LogP contribution in [0.1, 0.15) is 24.5 Å². The number of aromatic nitrogens is 3. The molecule has 1 unspecified atom stereocenters. The Labute approximate surface area is 172 Å². The van der Waals surface area contributed by atoms with E-state index in [1.54, 1.807) is 23.7 Å². The molecule has 0 amide bonds. The van der Waals surface area contributed by atoms with E-state index in [2.05, 4.69) is 26.3 Å². The molecule has 4 aromatic rings. The number of ether oxygens (including phenoxy) is 2. The topological polar surface area (TPSA) is 69.2 Å². The normalized spacial score (nSPS) is 16.6. The first-order valence-electron chi connectivity index (χ1n) is 9.64. The summed E-state index contributed by atoms with van der Waals surface area (Å²) < 4.78 is 12.8. The minimum atomic E-state index is 0.229. The van der Waals surface area contributed by atoms with E-state index in [1.807, 2.05) is 42.5 Å². The monoisotopic (exact) mass is 404 g/mol. The minimum Gasteiger partial charge on any atom is -0.437 e. The van der Waals surface area contributed by atoms with Crippen LogP contribution in [0.5, 0.6) is 11.6 Å². The van der Waals surface area contributed by atoms with Crippen molar-refractivity contribution < 1.29 is 9.47 Å². The van der Waals surface area contributed by atoms with E-state index in [9.17, 15) is 0 Å². The summed E-state index contributed by atoms with van der Waals surface area (Å²) in [6.07, 6.45) is 5.44. The first-order chi connectivity index (χ1) is 14.3. The molecule has 5 rings (SSSR count). The molecule has 1 fully saturated rings. The maximum atomic E-state index is 6.05. The Hall–Kier alpha value is -3.03. The Morgan fingerprint density at radius 1 is 1.03 bits per heavy atom. The fourth-order valence-corrected chi connectivity index (χ4v) is 4.30. The number of nitrogens with zero attached hydrogens (tertiary/aromatic N) is 3. The number of thiazole rings is 1. The summed E-state index contributed by atoms with van der Waals surface area (Å²) >= 11 is 1.63. The zero-order valence-electron chi connectivity index (χ0n) is 15.7. The molecule has 1 aliphatic rings. The van der Waals surface area contributed by atoms with Crippen molar-refractivity contribution in [2.75, 3.05) is 18.5 Å². The lowest BCUT2D eigenvalue weighted by molar-refractivity contribution is 0.0784. The van der Waals surface area contributed by atoms with Crippen molar-refractivity contribution in [3.63, 3.8) is 0 Å². The van der Waals surface area contributed by atoms with Crippen LogP contribution in [-0.4, -0.2) is 28.2 Å². The summed E-state index contributed by atoms with van der Waals surface area (Å²) in [5.41, 5.74) is 2.82. The molecule has 146 valence electrons. The molecule has 0 saturated carbocycles. The van der Waals surface area contributed by atoms with Gasteiger partial charge in [0.15, 0.2) is 5.13 Å². The lowest BCUT2D eigenvalue weighted by Crippen LogP contribution is -2.17. The van der Waals surface area contributed by atoms with Crippen LogP contribution in [0.25, 0.3) is 10.2 Å². The smallest absolute Gasteiger partial charge is 0.241 e. The summed E-state index contributed by atoms with van der Waals surface area (Å²) in [5, 5.41) is 4.22. The summed E-state index contributed by atoms with van der Waals surface area (Å²) in [6, 6.07) is 15.9. The highest BCUT2D eigenvalue weighted by atomic mass is 32.1. The van der Waals surface area contributed by atoms with Crippen molar-refractivity contribution in [2.45, 2.75) is 18.8 Å². The van der Waals surface area contributed by atoms with Crippen molar-refractivity contribution in [3.05, 3.63) is 66.6 Å². The summed E-state index contributed by atoms with van der Waals surface area (Å²) in [5.74, 6) is 1.50. The quantitative estimate of drug-likeness (QED) is 0.473. The van der Waals surface area contributed by atoms with Gasteiger partial charge in [-0.3, -0.25) is 4.98 Å². The second-order valence-electron chi connectivity index (χ2n) is 6.90. The second kappa shape index (κ2) is 8.14. The molecule has 3 heterocycles. The fourth-order valence-electron chi connectivity index (χ4n) is 3.42. The molecule has 1 saturated heterocycles. The molecule has 1 N–H and O–H groups in total. The Kier molecular flexibility index (Phi) is 5.06. The predicted molar refractivity (Wildman–Crippen MR) is 114 cm³/mol. The highest BCUT2D eigenvalue weighted by Gasteiger charge is 2.22. The zero-order valence-corrected chi connectivity index (χ0v) is 16.6. The standard InChI is InChI=1S/C22H20N4O2S/c1-2-6-19-18(5-1)26-22(29-19)25-16-7-9-17(10-8-16)28-21-20(23-11-12-24-21)15-4-3-13-27-14-15/h1-2,5-12,15H,3-4,13-14H2,(H,25,26). The van der Waals surface area contributed by atoms with Crippen LogP contribution in [0.2, 0.25) is 0 Å². The van der Waals surface area contributed by atoms with Gasteiger partial charge in [0, 0.05) is 30.6 Å². The first-order valence-corrected chi connectivity index (χ1v) is 10.5. The molecule has 6 nitrogen and oxygen atoms in total. The van der Waals surface area contributed by atoms with E-state index in [0.717, 1.165) is 51.9 Å². The minimum absolute atomic E-state index is 0.229. The summed E-state index contributed by atoms with van der Waals surface area (Å²) in [6.45, 7) is 1.48. The number of para-hydroxylation sites is 1. The van der Waals surface area contributed by atoms with Crippen molar-refractivity contribution in [3.8, 4) is 11.6 Å². The third-order valence-corrected chi connectivity index (χ3v) is 5.80. The molecule has 7 heteroatoms. The summed E-state index contributed by atoms with van der Waals surface area (Å²) in [7, 11) is 0. The van der Waals surface area contributed by atoms with E-state index in [4.69, 9.17) is 9.47 Å². The number of benzene rings is 2. The van der Waals surface area contributed by atoms with Crippen molar-refractivity contribution in [1.82, 2.24) is 15.0 Å². The SMILES string of the molecule is c1ccc2sc(Nc3ccc(Oc4nccnc4C4CCCOC4)cc3)nc2c1. The maximum absolute atomic E-state index is 6.05. The highest BCUT2D eigenvalue weighted by molar-refractivity contribution is 7.22. The van der Waals surface area contributed by atoms with Gasteiger partial charge in [-0.05, 0) is 49.2 Å². The molecule has 1 atom stereocenters. The highest BCUT2D eigenvalue weighted by Crippen LogP contribution is 2.33. The van der Waals surface area contributed by atoms with Gasteiger partial charge < -0.3 is 14.8 Å². The van der Waals surface area contributed by atoms with Crippen LogP contribution >= 0.6 is 11.3 Å². The molecule has 2 aromatic heterocycles. The third-order valence-electron chi connectivity index (χ3n) is 4.85. The average molecular weight is 404 g/mol. The number of anilines is 2. The average Bonchev–Trinajstić information content (AvgIpc) is 3.18. The van der Waals surface area contributed by atoms with Gasteiger partial charge in [0.2, 0.25) is 5.88 Å². The van der Waals surface area contributed by atoms with Gasteiger partial charge in [0.1, 0.15) is 11.4 Å². The van der Waals surface area contributed by atoms with Crippen LogP contribution in [-0.2, 0) is 4.74 Å². The van der Waals surface area contributed by atoms with Gasteiger partial charge in [-0.2, -0.15) is 0 Å². The molecule has 0 bridgehead atoms. The maximum Gasteiger partial charge on any atom is 0.241 e. The van der Waals surface area contributed by atoms with E-state index in [1.165, 1.54) is 0 Å². The van der Waals surface area contributed by atoms with E-state index in [0.29, 0.717) is 12.5 Å². The van der Waals surface area contributed by atoms with Gasteiger partial charge in [0.25, 0.3) is 0 Å². The molecule has 0 aliphatic carbocycles. The number of hydrogen-bond acceptors (Lipinski definition) is 7. The Morgan fingerprint density at radius 3 is 2.72 bits per heavy atom. The van der Waals surface area contributed by atoms with Crippen LogP contribution in [0, 0.1) is 0 Å². The first kappa shape index (κ1) is 18.0. The number of nitrogens with one attached hydrogen (secondary N) is 1. The lowest BCUT2D eigenvalue weighted by atomic mass is 9.98. The van der Waals surface area contributed by atoms with E-state index >= 15 is 0 Å². The van der Waals surface area contributed by atoms with Crippen LogP contribution in [0.15, 0.2) is 60.9 Å². The van der Waals surface area contributed by atoms with Crippen molar-refractivity contribution >= 4 is 32.4 Å². The molecule has 29 heavy (non-hydrogen) atoms. The number of hydrogen-bond donors (Lipinski definition) is 1. The Balaban J connectivity index is 1.31. The summed E-state index contributed by atoms with van der Waals surface area (Å²) in [4.78, 5) is 13.5. The predicted octanol–water partition coefficient (Wildman–Crippen LogP) is 5.52. The molecular weight excluding hydrogens is 384 g/mol. The molecular formula is C22H20N4O2S. The fraction of sp³-hybridized carbons (Fsp3) is 0.227. The van der Waals surface area contributed by atoms with Crippen molar-refractivity contribution in [2.24, 2.45) is 0 Å². The van der Waals surface area contributed by atoms with E-state index < -0.39 is 0 Å². The Morgan fingerprint density at radius 2 is 1.90 bits per heavy atom. The van der Waals surface area contributed by atoms with Gasteiger partial charge in [-0.1, -0.05) is 23.5 Å². The number of rotatable bonds is 5. The lowest BCUT2D eigenvalue weighted by Gasteiger charge is -2.22. The number of fused-ring (bicyclic) bond motifs is 1. The largest absolute Gasteiger partial charge is 0.437 e. The van der Waals surface area contributed by atoms with Gasteiger partial charge in [0.05, 0.1) is 16.8 Å². The zero-order chi connectivity index (χ0) is 19.5. The van der Waals surface area contributed by atoms with Gasteiger partial charge in [-0.15, -0.1) is 0 Å². The molecule has 0 radical (unpaired) electrons. The molecule has 1 aliphatic heterocycles. The van der Waals surface area contributed by atoms with Crippen LogP contribution in [0.3, 0.4) is 0 Å². The second-order valence-corrected chi connectivity index (χ2v) is 7.93. The Bertz CT molecular complexity index is 1070. The molecule has 2 aromatic carbocycles. The van der Waals surface area contributed by atoms with E-state index in [-0.39, 0.29) is 5.92 Å². The van der Waals surface area contributed by atoms with Gasteiger partial charge in [-0.25, -0.2) is 9.97 Å². The van der Waals surface area contributed by atoms with Crippen molar-refractivity contribution in [1.29, 1.82) is 0 Å². The third kappa shape index (κ3) is 4.06. The van der Waals surface area contributed by atoms with Crippen LogP contribution < -0.4 is 10.1 Å². The van der Waals surface area contributed by atoms with Gasteiger partial charge >= 0.3 is 0 Å².